The smallest absolute Gasteiger partial charge is 0.288 e. The van der Waals surface area contributed by atoms with Crippen LogP contribution < -0.4 is 16.8 Å². The summed E-state index contributed by atoms with van der Waals surface area (Å²) in [5.41, 5.74) is 10.5. The van der Waals surface area contributed by atoms with Crippen molar-refractivity contribution >= 4 is 0 Å². The first-order valence-corrected chi connectivity index (χ1v) is 2.71. The molecule has 1 unspecified atom stereocenters. The fraction of sp³-hybridized carbons (Fsp3) is 1.00. The van der Waals surface area contributed by atoms with Crippen LogP contribution in [0.25, 0.3) is 0 Å². The van der Waals surface area contributed by atoms with Gasteiger partial charge in [0.05, 0.1) is 6.61 Å². The maximum atomic E-state index is 5.24. The van der Waals surface area contributed by atoms with E-state index in [1.165, 1.54) is 0 Å². The van der Waals surface area contributed by atoms with E-state index >= 15 is 0 Å². The van der Waals surface area contributed by atoms with Crippen molar-refractivity contribution in [2.45, 2.75) is 12.3 Å². The van der Waals surface area contributed by atoms with Gasteiger partial charge in [0.25, 0.3) is 6.03 Å². The van der Waals surface area contributed by atoms with Crippen molar-refractivity contribution in [1.29, 1.82) is 0 Å². The lowest BCUT2D eigenvalue weighted by atomic mass is 10.6. The molecule has 1 aliphatic rings. The van der Waals surface area contributed by atoms with Gasteiger partial charge < -0.3 is 9.47 Å². The number of hydrogen-bond donors (Lipinski definition) is 3. The lowest BCUT2D eigenvalue weighted by Gasteiger charge is -2.15. The summed E-state index contributed by atoms with van der Waals surface area (Å²) in [5, 5.41) is 2.81. The summed E-state index contributed by atoms with van der Waals surface area (Å²) < 4.78 is 9.73. The molecule has 0 aliphatic carbocycles. The molecule has 1 atom stereocenters. The van der Waals surface area contributed by atoms with Crippen LogP contribution in [0.1, 0.15) is 0 Å². The van der Waals surface area contributed by atoms with Gasteiger partial charge in [-0.3, -0.25) is 16.8 Å². The Morgan fingerprint density at radius 3 is 2.56 bits per heavy atom. The van der Waals surface area contributed by atoms with Crippen LogP contribution in [-0.2, 0) is 9.47 Å². The minimum absolute atomic E-state index is 0.181. The standard InChI is InChI=1S/C4H11N3O2/c1-7-3-2-8-4(5,6)9-3/h3,7H,2,5-6H2,1H3. The molecule has 0 aromatic rings. The van der Waals surface area contributed by atoms with Gasteiger partial charge in [-0.15, -0.1) is 0 Å². The summed E-state index contributed by atoms with van der Waals surface area (Å²) in [7, 11) is 1.75. The quantitative estimate of drug-likeness (QED) is 0.364. The molecule has 0 bridgehead atoms. The van der Waals surface area contributed by atoms with E-state index in [-0.39, 0.29) is 6.23 Å². The zero-order valence-electron chi connectivity index (χ0n) is 5.26. The molecule has 0 amide bonds. The molecule has 0 radical (unpaired) electrons. The summed E-state index contributed by atoms with van der Waals surface area (Å²) in [4.78, 5) is 0. The first kappa shape index (κ1) is 6.91. The Morgan fingerprint density at radius 1 is 1.67 bits per heavy atom. The highest BCUT2D eigenvalue weighted by atomic mass is 16.8. The Labute approximate surface area is 53.3 Å². The average molecular weight is 133 g/mol. The Morgan fingerprint density at radius 2 is 2.33 bits per heavy atom. The zero-order chi connectivity index (χ0) is 6.91. The third-order valence-electron chi connectivity index (χ3n) is 1.11. The minimum atomic E-state index is -1.40. The van der Waals surface area contributed by atoms with Crippen molar-refractivity contribution < 1.29 is 9.47 Å². The van der Waals surface area contributed by atoms with E-state index in [4.69, 9.17) is 20.9 Å². The first-order chi connectivity index (χ1) is 4.14. The van der Waals surface area contributed by atoms with Gasteiger partial charge in [-0.2, -0.15) is 0 Å². The highest BCUT2D eigenvalue weighted by Gasteiger charge is 2.33. The highest BCUT2D eigenvalue weighted by molar-refractivity contribution is 4.64. The van der Waals surface area contributed by atoms with E-state index in [9.17, 15) is 0 Å². The topological polar surface area (TPSA) is 82.5 Å². The predicted octanol–water partition coefficient (Wildman–Crippen LogP) is -1.89. The van der Waals surface area contributed by atoms with Gasteiger partial charge in [0.2, 0.25) is 0 Å². The zero-order valence-corrected chi connectivity index (χ0v) is 5.26. The molecular formula is C4H11N3O2. The molecule has 1 heterocycles. The van der Waals surface area contributed by atoms with Gasteiger partial charge in [0.15, 0.2) is 0 Å². The van der Waals surface area contributed by atoms with E-state index < -0.39 is 6.03 Å². The molecule has 0 aromatic carbocycles. The van der Waals surface area contributed by atoms with Crippen molar-refractivity contribution in [3.63, 3.8) is 0 Å². The summed E-state index contributed by atoms with van der Waals surface area (Å²) >= 11 is 0. The third kappa shape index (κ3) is 1.60. The molecule has 1 fully saturated rings. The van der Waals surface area contributed by atoms with Crippen LogP contribution in [0.15, 0.2) is 0 Å². The summed E-state index contributed by atoms with van der Waals surface area (Å²) in [6.07, 6.45) is -0.181. The van der Waals surface area contributed by atoms with E-state index in [1.807, 2.05) is 0 Å². The maximum Gasteiger partial charge on any atom is 0.288 e. The Hall–Kier alpha value is -0.200. The molecule has 5 N–H and O–H groups in total. The van der Waals surface area contributed by atoms with Crippen LogP contribution in [0.5, 0.6) is 0 Å². The van der Waals surface area contributed by atoms with Crippen molar-refractivity contribution in [2.75, 3.05) is 13.7 Å². The summed E-state index contributed by atoms with van der Waals surface area (Å²) in [6, 6.07) is -1.40. The lowest BCUT2D eigenvalue weighted by Crippen LogP contribution is -2.51. The number of nitrogens with two attached hydrogens (primary N) is 2. The fourth-order valence-corrected chi connectivity index (χ4v) is 0.639. The Kier molecular flexibility index (Phi) is 1.69. The van der Waals surface area contributed by atoms with Crippen LogP contribution in [0.2, 0.25) is 0 Å². The van der Waals surface area contributed by atoms with Crippen LogP contribution in [0.4, 0.5) is 0 Å². The highest BCUT2D eigenvalue weighted by Crippen LogP contribution is 2.09. The molecule has 0 saturated carbocycles. The third-order valence-corrected chi connectivity index (χ3v) is 1.11. The number of ether oxygens (including phenoxy) is 2. The van der Waals surface area contributed by atoms with Gasteiger partial charge >= 0.3 is 0 Å². The predicted molar refractivity (Wildman–Crippen MR) is 31.0 cm³/mol. The second-order valence-corrected chi connectivity index (χ2v) is 1.93. The Bertz CT molecular complexity index is 106. The molecule has 1 saturated heterocycles. The monoisotopic (exact) mass is 133 g/mol. The van der Waals surface area contributed by atoms with Gasteiger partial charge in [-0.1, -0.05) is 0 Å². The van der Waals surface area contributed by atoms with Crippen LogP contribution in [-0.4, -0.2) is 25.9 Å². The second kappa shape index (κ2) is 2.20. The largest absolute Gasteiger partial charge is 0.321 e. The number of rotatable bonds is 1. The van der Waals surface area contributed by atoms with Crippen molar-refractivity contribution in [3.8, 4) is 0 Å². The van der Waals surface area contributed by atoms with E-state index in [2.05, 4.69) is 5.32 Å². The van der Waals surface area contributed by atoms with Crippen molar-refractivity contribution in [2.24, 2.45) is 11.5 Å². The average Bonchev–Trinajstić information content (AvgIpc) is 2.10. The molecule has 54 valence electrons. The molecule has 0 aromatic heterocycles. The van der Waals surface area contributed by atoms with Crippen LogP contribution >= 0.6 is 0 Å². The minimum Gasteiger partial charge on any atom is -0.321 e. The summed E-state index contributed by atoms with van der Waals surface area (Å²) in [6.45, 7) is 0.392. The first-order valence-electron chi connectivity index (χ1n) is 2.71. The maximum absolute atomic E-state index is 5.24. The SMILES string of the molecule is CNC1COC(N)(N)O1. The Balaban J connectivity index is 2.38. The fourth-order valence-electron chi connectivity index (χ4n) is 0.639. The molecule has 1 rings (SSSR count). The van der Waals surface area contributed by atoms with E-state index in [1.54, 1.807) is 7.05 Å². The van der Waals surface area contributed by atoms with Crippen molar-refractivity contribution in [3.05, 3.63) is 0 Å². The van der Waals surface area contributed by atoms with Gasteiger partial charge in [-0.25, -0.2) is 0 Å². The number of likely N-dealkylation sites (N-methyl/N-ethyl adjacent to an activating group) is 1. The molecule has 0 spiro atoms. The number of hydrogen-bond acceptors (Lipinski definition) is 5. The van der Waals surface area contributed by atoms with E-state index in [0.717, 1.165) is 0 Å². The van der Waals surface area contributed by atoms with Crippen LogP contribution in [0, 0.1) is 0 Å². The molecular weight excluding hydrogens is 122 g/mol. The van der Waals surface area contributed by atoms with Gasteiger partial charge in [0.1, 0.15) is 6.23 Å². The van der Waals surface area contributed by atoms with Crippen molar-refractivity contribution in [1.82, 2.24) is 5.32 Å². The van der Waals surface area contributed by atoms with E-state index in [0.29, 0.717) is 6.61 Å². The number of nitrogens with one attached hydrogen (secondary N) is 1. The molecule has 1 aliphatic heterocycles. The second-order valence-electron chi connectivity index (χ2n) is 1.93. The normalized spacial score (nSPS) is 33.0. The molecule has 5 nitrogen and oxygen atoms in total. The molecule has 5 heteroatoms. The van der Waals surface area contributed by atoms with Gasteiger partial charge in [0, 0.05) is 0 Å². The summed E-state index contributed by atoms with van der Waals surface area (Å²) in [5.74, 6) is 0. The lowest BCUT2D eigenvalue weighted by molar-refractivity contribution is -0.161. The van der Waals surface area contributed by atoms with Gasteiger partial charge in [-0.05, 0) is 7.05 Å². The van der Waals surface area contributed by atoms with Crippen LogP contribution in [0.3, 0.4) is 0 Å². The molecule has 9 heavy (non-hydrogen) atoms.